The molecule has 0 saturated carbocycles. The van der Waals surface area contributed by atoms with Gasteiger partial charge in [0.15, 0.2) is 0 Å². The fraction of sp³-hybridized carbons (Fsp3) is 0.211. The molecule has 4 heteroatoms. The number of rotatable bonds is 5. The second-order valence-corrected chi connectivity index (χ2v) is 5.57. The van der Waals surface area contributed by atoms with Crippen LogP contribution in [0.5, 0.6) is 0 Å². The Kier molecular flexibility index (Phi) is 4.42. The molecule has 23 heavy (non-hydrogen) atoms. The molecule has 3 nitrogen and oxygen atoms in total. The number of furan rings is 1. The Bertz CT molecular complexity index is 792. The summed E-state index contributed by atoms with van der Waals surface area (Å²) in [6.45, 7) is 1.87. The van der Waals surface area contributed by atoms with Crippen LogP contribution in [0.3, 0.4) is 0 Å². The van der Waals surface area contributed by atoms with E-state index in [0.717, 1.165) is 11.0 Å². The van der Waals surface area contributed by atoms with Gasteiger partial charge in [0.25, 0.3) is 0 Å². The summed E-state index contributed by atoms with van der Waals surface area (Å²) >= 11 is 0. The lowest BCUT2D eigenvalue weighted by atomic mass is 10.1. The van der Waals surface area contributed by atoms with Crippen molar-refractivity contribution >= 4 is 16.9 Å². The first-order valence-electron chi connectivity index (χ1n) is 7.65. The van der Waals surface area contributed by atoms with Crippen molar-refractivity contribution in [3.05, 3.63) is 71.7 Å². The number of fused-ring (bicyclic) bond motifs is 1. The van der Waals surface area contributed by atoms with Crippen molar-refractivity contribution in [2.45, 2.75) is 25.8 Å². The van der Waals surface area contributed by atoms with Gasteiger partial charge in [0.1, 0.15) is 17.2 Å². The van der Waals surface area contributed by atoms with Gasteiger partial charge in [0.05, 0.1) is 6.04 Å². The Labute approximate surface area is 134 Å². The van der Waals surface area contributed by atoms with Gasteiger partial charge in [-0.3, -0.25) is 4.79 Å². The van der Waals surface area contributed by atoms with Crippen molar-refractivity contribution in [2.24, 2.45) is 0 Å². The monoisotopic (exact) mass is 311 g/mol. The number of benzene rings is 2. The van der Waals surface area contributed by atoms with Gasteiger partial charge in [-0.15, -0.1) is 0 Å². The lowest BCUT2D eigenvalue weighted by Crippen LogP contribution is -2.26. The van der Waals surface area contributed by atoms with Gasteiger partial charge in [-0.25, -0.2) is 4.39 Å². The Morgan fingerprint density at radius 2 is 1.91 bits per heavy atom. The zero-order valence-electron chi connectivity index (χ0n) is 12.9. The van der Waals surface area contributed by atoms with E-state index in [1.165, 1.54) is 6.07 Å². The summed E-state index contributed by atoms with van der Waals surface area (Å²) in [6.07, 6.45) is 0.622. The van der Waals surface area contributed by atoms with E-state index in [9.17, 15) is 9.18 Å². The molecular weight excluding hydrogens is 293 g/mol. The molecule has 1 heterocycles. The third kappa shape index (κ3) is 3.59. The van der Waals surface area contributed by atoms with Gasteiger partial charge in [0, 0.05) is 11.8 Å². The Balaban J connectivity index is 1.60. The van der Waals surface area contributed by atoms with Crippen LogP contribution >= 0.6 is 0 Å². The predicted octanol–water partition coefficient (Wildman–Crippen LogP) is 4.38. The minimum atomic E-state index is -0.273. The maximum absolute atomic E-state index is 13.5. The number of hydrogen-bond acceptors (Lipinski definition) is 2. The standard InChI is InChI=1S/C19H18FNO2/c1-13(18-12-15-7-3-5-9-17(15)23-18)21-19(22)11-10-14-6-2-4-8-16(14)20/h2-9,12-13H,10-11H2,1H3,(H,21,22)/t13-/m1/s1. The van der Waals surface area contributed by atoms with E-state index in [1.807, 2.05) is 37.3 Å². The second-order valence-electron chi connectivity index (χ2n) is 5.57. The Morgan fingerprint density at radius 1 is 1.17 bits per heavy atom. The third-order valence-corrected chi connectivity index (χ3v) is 3.83. The number of amides is 1. The van der Waals surface area contributed by atoms with Gasteiger partial charge in [-0.1, -0.05) is 36.4 Å². The van der Waals surface area contributed by atoms with Crippen LogP contribution in [0.4, 0.5) is 4.39 Å². The summed E-state index contributed by atoms with van der Waals surface area (Å²) in [5.74, 6) is 0.317. The maximum atomic E-state index is 13.5. The van der Waals surface area contributed by atoms with E-state index < -0.39 is 0 Å². The highest BCUT2D eigenvalue weighted by molar-refractivity contribution is 5.79. The van der Waals surface area contributed by atoms with E-state index in [-0.39, 0.29) is 24.2 Å². The first kappa shape index (κ1) is 15.3. The van der Waals surface area contributed by atoms with Crippen molar-refractivity contribution < 1.29 is 13.6 Å². The molecule has 0 aliphatic rings. The van der Waals surface area contributed by atoms with Crippen molar-refractivity contribution in [1.82, 2.24) is 5.32 Å². The molecular formula is C19H18FNO2. The van der Waals surface area contributed by atoms with E-state index in [1.54, 1.807) is 18.2 Å². The number of hydrogen-bond donors (Lipinski definition) is 1. The summed E-state index contributed by atoms with van der Waals surface area (Å²) in [6, 6.07) is 15.9. The van der Waals surface area contributed by atoms with Crippen LogP contribution in [-0.4, -0.2) is 5.91 Å². The highest BCUT2D eigenvalue weighted by Gasteiger charge is 2.14. The number of carbonyl (C=O) groups is 1. The molecule has 3 aromatic rings. The van der Waals surface area contributed by atoms with Crippen molar-refractivity contribution in [1.29, 1.82) is 0 Å². The summed E-state index contributed by atoms with van der Waals surface area (Å²) in [5, 5.41) is 3.90. The average molecular weight is 311 g/mol. The fourth-order valence-electron chi connectivity index (χ4n) is 2.55. The molecule has 0 unspecified atom stereocenters. The SMILES string of the molecule is C[C@@H](NC(=O)CCc1ccccc1F)c1cc2ccccc2o1. The van der Waals surface area contributed by atoms with E-state index in [2.05, 4.69) is 5.32 Å². The summed E-state index contributed by atoms with van der Waals surface area (Å²) in [5.41, 5.74) is 1.36. The topological polar surface area (TPSA) is 42.2 Å². The van der Waals surface area contributed by atoms with Crippen molar-refractivity contribution in [2.75, 3.05) is 0 Å². The van der Waals surface area contributed by atoms with Crippen LogP contribution in [0.2, 0.25) is 0 Å². The molecule has 2 aromatic carbocycles. The summed E-state index contributed by atoms with van der Waals surface area (Å²) in [4.78, 5) is 12.1. The van der Waals surface area contributed by atoms with Gasteiger partial charge in [-0.2, -0.15) is 0 Å². The largest absolute Gasteiger partial charge is 0.459 e. The molecule has 0 saturated heterocycles. The van der Waals surface area contributed by atoms with Crippen LogP contribution in [0.15, 0.2) is 59.0 Å². The van der Waals surface area contributed by atoms with Crippen molar-refractivity contribution in [3.8, 4) is 0 Å². The summed E-state index contributed by atoms with van der Waals surface area (Å²) in [7, 11) is 0. The molecule has 0 bridgehead atoms. The first-order chi connectivity index (χ1) is 11.1. The quantitative estimate of drug-likeness (QED) is 0.759. The molecule has 1 amide bonds. The zero-order valence-corrected chi connectivity index (χ0v) is 12.9. The molecule has 0 aliphatic carbocycles. The highest BCUT2D eigenvalue weighted by atomic mass is 19.1. The van der Waals surface area contributed by atoms with Gasteiger partial charge in [0.2, 0.25) is 5.91 Å². The second kappa shape index (κ2) is 6.65. The minimum absolute atomic E-state index is 0.124. The van der Waals surface area contributed by atoms with E-state index in [0.29, 0.717) is 17.7 Å². The molecule has 0 fully saturated rings. The molecule has 1 N–H and O–H groups in total. The molecule has 1 atom stereocenters. The number of aryl methyl sites for hydroxylation is 1. The fourth-order valence-corrected chi connectivity index (χ4v) is 2.55. The Morgan fingerprint density at radius 3 is 2.70 bits per heavy atom. The number of halogens is 1. The summed E-state index contributed by atoms with van der Waals surface area (Å²) < 4.78 is 19.3. The van der Waals surface area contributed by atoms with E-state index in [4.69, 9.17) is 4.42 Å². The molecule has 0 radical (unpaired) electrons. The Hall–Kier alpha value is -2.62. The van der Waals surface area contributed by atoms with Crippen LogP contribution in [0.1, 0.15) is 30.7 Å². The number of nitrogens with one attached hydrogen (secondary N) is 1. The van der Waals surface area contributed by atoms with Crippen LogP contribution < -0.4 is 5.32 Å². The first-order valence-corrected chi connectivity index (χ1v) is 7.65. The zero-order chi connectivity index (χ0) is 16.2. The van der Waals surface area contributed by atoms with Gasteiger partial charge in [-0.05, 0) is 37.1 Å². The van der Waals surface area contributed by atoms with Gasteiger partial charge >= 0.3 is 0 Å². The van der Waals surface area contributed by atoms with Crippen LogP contribution in [0, 0.1) is 5.82 Å². The third-order valence-electron chi connectivity index (χ3n) is 3.83. The smallest absolute Gasteiger partial charge is 0.220 e. The van der Waals surface area contributed by atoms with Crippen molar-refractivity contribution in [3.63, 3.8) is 0 Å². The lowest BCUT2D eigenvalue weighted by molar-refractivity contribution is -0.121. The normalized spacial score (nSPS) is 12.3. The number of para-hydroxylation sites is 1. The average Bonchev–Trinajstić information content (AvgIpc) is 2.98. The lowest BCUT2D eigenvalue weighted by Gasteiger charge is -2.11. The molecule has 1 aromatic heterocycles. The maximum Gasteiger partial charge on any atom is 0.220 e. The molecule has 0 spiro atoms. The number of carbonyl (C=O) groups excluding carboxylic acids is 1. The molecule has 0 aliphatic heterocycles. The van der Waals surface area contributed by atoms with Crippen LogP contribution in [-0.2, 0) is 11.2 Å². The van der Waals surface area contributed by atoms with Gasteiger partial charge < -0.3 is 9.73 Å². The molecule has 3 rings (SSSR count). The van der Waals surface area contributed by atoms with Crippen LogP contribution in [0.25, 0.3) is 11.0 Å². The minimum Gasteiger partial charge on any atom is -0.459 e. The molecule has 118 valence electrons. The predicted molar refractivity (Wildman–Crippen MR) is 87.5 cm³/mol. The van der Waals surface area contributed by atoms with E-state index >= 15 is 0 Å². The highest BCUT2D eigenvalue weighted by Crippen LogP contribution is 2.23.